The number of phenols is 1. The number of allylic oxidation sites excluding steroid dienone is 1. The Labute approximate surface area is 98.2 Å². The molecule has 0 heterocycles. The number of rotatable bonds is 4. The molecule has 1 aromatic carbocycles. The van der Waals surface area contributed by atoms with Crippen LogP contribution in [-0.4, -0.2) is 16.0 Å². The van der Waals surface area contributed by atoms with Crippen molar-refractivity contribution in [3.05, 3.63) is 35.7 Å². The summed E-state index contributed by atoms with van der Waals surface area (Å²) in [5, 5.41) is 9.08. The van der Waals surface area contributed by atoms with Crippen molar-refractivity contribution in [2.24, 2.45) is 0 Å². The highest BCUT2D eigenvalue weighted by atomic mass is 32.2. The topological polar surface area (TPSA) is 37.3 Å². The molecule has 0 aliphatic carbocycles. The van der Waals surface area contributed by atoms with Crippen molar-refractivity contribution in [3.63, 3.8) is 0 Å². The Hall–Kier alpha value is -1.29. The van der Waals surface area contributed by atoms with Crippen molar-refractivity contribution in [2.75, 3.05) is 5.75 Å². The number of carbonyl (C=O) groups excluding carboxylic acids is 1. The second kappa shape index (κ2) is 6.33. The lowest BCUT2D eigenvalue weighted by Crippen LogP contribution is -1.83. The van der Waals surface area contributed by atoms with Gasteiger partial charge in [-0.1, -0.05) is 30.0 Å². The number of phenolic OH excluding ortho intramolecular Hbond substituents is 1. The first-order valence-electron chi connectivity index (χ1n) is 4.88. The van der Waals surface area contributed by atoms with Crippen molar-refractivity contribution in [1.82, 2.24) is 0 Å². The molecule has 0 aliphatic rings. The molecule has 0 saturated carbocycles. The summed E-state index contributed by atoms with van der Waals surface area (Å²) in [7, 11) is 0. The van der Waals surface area contributed by atoms with Crippen LogP contribution in [0, 0.1) is 5.82 Å². The van der Waals surface area contributed by atoms with E-state index in [4.69, 9.17) is 5.11 Å². The van der Waals surface area contributed by atoms with E-state index in [0.29, 0.717) is 5.56 Å². The fraction of sp³-hybridized carbons (Fsp3) is 0.250. The van der Waals surface area contributed by atoms with E-state index >= 15 is 0 Å². The molecule has 0 atom stereocenters. The molecule has 0 bridgehead atoms. The van der Waals surface area contributed by atoms with Crippen LogP contribution in [0.5, 0.6) is 5.75 Å². The number of hydrogen-bond donors (Lipinski definition) is 1. The van der Waals surface area contributed by atoms with Crippen LogP contribution in [0.25, 0.3) is 6.08 Å². The Balaban J connectivity index is 2.44. The highest BCUT2D eigenvalue weighted by Gasteiger charge is 1.98. The van der Waals surface area contributed by atoms with E-state index in [1.165, 1.54) is 30.8 Å². The summed E-state index contributed by atoms with van der Waals surface area (Å²) in [5.74, 6) is -0.239. The summed E-state index contributed by atoms with van der Waals surface area (Å²) in [5.41, 5.74) is 0.697. The Kier molecular flexibility index (Phi) is 5.05. The number of carbonyl (C=O) groups is 1. The van der Waals surface area contributed by atoms with E-state index in [0.717, 1.165) is 12.2 Å². The largest absolute Gasteiger partial charge is 0.505 e. The van der Waals surface area contributed by atoms with Gasteiger partial charge in [-0.3, -0.25) is 4.79 Å². The lowest BCUT2D eigenvalue weighted by Gasteiger charge is -1.97. The van der Waals surface area contributed by atoms with Gasteiger partial charge in [0.1, 0.15) is 0 Å². The molecule has 0 spiro atoms. The van der Waals surface area contributed by atoms with Crippen LogP contribution in [-0.2, 0) is 4.79 Å². The first-order chi connectivity index (χ1) is 7.59. The quantitative estimate of drug-likeness (QED) is 0.821. The molecule has 1 aromatic rings. The van der Waals surface area contributed by atoms with E-state index in [1.54, 1.807) is 12.1 Å². The third-order valence-corrected chi connectivity index (χ3v) is 2.72. The van der Waals surface area contributed by atoms with Crippen molar-refractivity contribution in [1.29, 1.82) is 0 Å². The van der Waals surface area contributed by atoms with E-state index in [9.17, 15) is 9.18 Å². The maximum Gasteiger partial charge on any atom is 0.185 e. The summed E-state index contributed by atoms with van der Waals surface area (Å²) in [6.45, 7) is 1.53. The molecular formula is C12H13FO2S. The standard InChI is InChI=1S/C12H13FO2S/c1-9(14)16-7-3-2-4-10-5-6-12(15)11(13)8-10/h2,4-6,8,15H,3,7H2,1H3. The van der Waals surface area contributed by atoms with Gasteiger partial charge >= 0.3 is 0 Å². The molecule has 1 rings (SSSR count). The maximum absolute atomic E-state index is 12.9. The van der Waals surface area contributed by atoms with Crippen LogP contribution in [0.4, 0.5) is 4.39 Å². The zero-order valence-corrected chi connectivity index (χ0v) is 9.76. The van der Waals surface area contributed by atoms with Gasteiger partial charge < -0.3 is 5.11 Å². The van der Waals surface area contributed by atoms with Gasteiger partial charge in [0.15, 0.2) is 16.7 Å². The monoisotopic (exact) mass is 240 g/mol. The average Bonchev–Trinajstić information content (AvgIpc) is 2.22. The lowest BCUT2D eigenvalue weighted by atomic mass is 10.2. The zero-order valence-electron chi connectivity index (χ0n) is 8.94. The van der Waals surface area contributed by atoms with Crippen molar-refractivity contribution in [3.8, 4) is 5.75 Å². The van der Waals surface area contributed by atoms with E-state index < -0.39 is 5.82 Å². The number of thioether (sulfide) groups is 1. The van der Waals surface area contributed by atoms with Crippen molar-refractivity contribution < 1.29 is 14.3 Å². The first kappa shape index (κ1) is 12.8. The Morgan fingerprint density at radius 3 is 2.94 bits per heavy atom. The Morgan fingerprint density at radius 1 is 1.56 bits per heavy atom. The maximum atomic E-state index is 12.9. The minimum atomic E-state index is -0.625. The Morgan fingerprint density at radius 2 is 2.31 bits per heavy atom. The van der Waals surface area contributed by atoms with Gasteiger partial charge in [-0.15, -0.1) is 0 Å². The SMILES string of the molecule is CC(=O)SCCC=Cc1ccc(O)c(F)c1. The molecule has 0 fully saturated rings. The second-order valence-corrected chi connectivity index (χ2v) is 4.51. The van der Waals surface area contributed by atoms with E-state index in [-0.39, 0.29) is 10.9 Å². The number of aromatic hydroxyl groups is 1. The summed E-state index contributed by atoms with van der Waals surface area (Å²) in [6.07, 6.45) is 4.40. The smallest absolute Gasteiger partial charge is 0.185 e. The highest BCUT2D eigenvalue weighted by molar-refractivity contribution is 8.13. The molecule has 0 radical (unpaired) electrons. The zero-order chi connectivity index (χ0) is 12.0. The third kappa shape index (κ3) is 4.49. The normalized spacial score (nSPS) is 10.9. The number of halogens is 1. The summed E-state index contributed by atoms with van der Waals surface area (Å²) in [6, 6.07) is 4.22. The predicted octanol–water partition coefficient (Wildman–Crippen LogP) is 3.21. The van der Waals surface area contributed by atoms with Crippen LogP contribution in [0.1, 0.15) is 18.9 Å². The molecule has 2 nitrogen and oxygen atoms in total. The van der Waals surface area contributed by atoms with Gasteiger partial charge in [-0.25, -0.2) is 4.39 Å². The average molecular weight is 240 g/mol. The van der Waals surface area contributed by atoms with E-state index in [2.05, 4.69) is 0 Å². The van der Waals surface area contributed by atoms with Crippen molar-refractivity contribution in [2.45, 2.75) is 13.3 Å². The molecule has 0 saturated heterocycles. The predicted molar refractivity (Wildman–Crippen MR) is 64.9 cm³/mol. The van der Waals surface area contributed by atoms with Crippen LogP contribution in [0.3, 0.4) is 0 Å². The van der Waals surface area contributed by atoms with Crippen LogP contribution < -0.4 is 0 Å². The molecular weight excluding hydrogens is 227 g/mol. The van der Waals surface area contributed by atoms with Crippen LogP contribution >= 0.6 is 11.8 Å². The van der Waals surface area contributed by atoms with Gasteiger partial charge in [-0.2, -0.15) is 0 Å². The first-order valence-corrected chi connectivity index (χ1v) is 5.86. The molecule has 0 unspecified atom stereocenters. The van der Waals surface area contributed by atoms with Gasteiger partial charge in [0.2, 0.25) is 0 Å². The number of hydrogen-bond acceptors (Lipinski definition) is 3. The molecule has 86 valence electrons. The van der Waals surface area contributed by atoms with Gasteiger partial charge in [0.05, 0.1) is 0 Å². The molecule has 0 aromatic heterocycles. The minimum Gasteiger partial charge on any atom is -0.505 e. The molecule has 4 heteroatoms. The van der Waals surface area contributed by atoms with Crippen LogP contribution in [0.15, 0.2) is 24.3 Å². The number of benzene rings is 1. The van der Waals surface area contributed by atoms with Crippen LogP contribution in [0.2, 0.25) is 0 Å². The molecule has 0 aliphatic heterocycles. The van der Waals surface area contributed by atoms with Crippen molar-refractivity contribution >= 4 is 23.0 Å². The van der Waals surface area contributed by atoms with E-state index in [1.807, 2.05) is 6.08 Å². The van der Waals surface area contributed by atoms with Gasteiger partial charge in [0, 0.05) is 12.7 Å². The molecule has 0 amide bonds. The summed E-state index contributed by atoms with van der Waals surface area (Å²) in [4.78, 5) is 10.6. The fourth-order valence-electron chi connectivity index (χ4n) is 1.12. The fourth-order valence-corrected chi connectivity index (χ4v) is 1.66. The molecule has 16 heavy (non-hydrogen) atoms. The minimum absolute atomic E-state index is 0.101. The lowest BCUT2D eigenvalue weighted by molar-refractivity contribution is -0.109. The highest BCUT2D eigenvalue weighted by Crippen LogP contribution is 2.17. The Bertz CT molecular complexity index is 402. The van der Waals surface area contributed by atoms with Gasteiger partial charge in [-0.05, 0) is 24.1 Å². The summed E-state index contributed by atoms with van der Waals surface area (Å²) < 4.78 is 12.9. The van der Waals surface area contributed by atoms with Gasteiger partial charge in [0.25, 0.3) is 0 Å². The second-order valence-electron chi connectivity index (χ2n) is 3.24. The summed E-state index contributed by atoms with van der Waals surface area (Å²) >= 11 is 1.27. The molecule has 1 N–H and O–H groups in total. The third-order valence-electron chi connectivity index (χ3n) is 1.87.